The highest BCUT2D eigenvalue weighted by atomic mass is 16.6. The minimum absolute atomic E-state index is 0.167. The predicted octanol–water partition coefficient (Wildman–Crippen LogP) is 1.87. The van der Waals surface area contributed by atoms with Gasteiger partial charge in [-0.3, -0.25) is 14.9 Å². The van der Waals surface area contributed by atoms with E-state index in [9.17, 15) is 14.9 Å². The molecule has 0 aliphatic carbocycles. The fourth-order valence-electron chi connectivity index (χ4n) is 2.80. The van der Waals surface area contributed by atoms with E-state index >= 15 is 0 Å². The molecule has 138 valence electrons. The minimum Gasteiger partial charge on any atom is -0.496 e. The van der Waals surface area contributed by atoms with Gasteiger partial charge in [0, 0.05) is 5.56 Å². The molecule has 7 heteroatoms. The largest absolute Gasteiger partial charge is 0.496 e. The number of rotatable bonds is 7. The average Bonchev–Trinajstić information content (AvgIpc) is 2.57. The highest BCUT2D eigenvalue weighted by molar-refractivity contribution is 5.93. The lowest BCUT2D eigenvalue weighted by Crippen LogP contribution is -3.08. The van der Waals surface area contributed by atoms with Crippen LogP contribution >= 0.6 is 0 Å². The summed E-state index contributed by atoms with van der Waals surface area (Å²) >= 11 is 0. The van der Waals surface area contributed by atoms with Crippen molar-refractivity contribution in [3.63, 3.8) is 0 Å². The highest BCUT2D eigenvalue weighted by Gasteiger charge is 2.19. The van der Waals surface area contributed by atoms with Crippen molar-refractivity contribution in [1.82, 2.24) is 0 Å². The first-order valence-electron chi connectivity index (χ1n) is 8.30. The number of hydrogen-bond acceptors (Lipinski definition) is 4. The summed E-state index contributed by atoms with van der Waals surface area (Å²) in [5, 5.41) is 13.8. The smallest absolute Gasteiger partial charge is 0.296 e. The Balaban J connectivity index is 2.03. The molecule has 1 atom stereocenters. The van der Waals surface area contributed by atoms with Gasteiger partial charge < -0.3 is 15.0 Å². The van der Waals surface area contributed by atoms with Gasteiger partial charge in [-0.15, -0.1) is 0 Å². The Morgan fingerprint density at radius 3 is 2.58 bits per heavy atom. The zero-order valence-corrected chi connectivity index (χ0v) is 15.5. The molecule has 0 heterocycles. The number of carbonyl (C=O) groups excluding carboxylic acids is 1. The summed E-state index contributed by atoms with van der Waals surface area (Å²) in [6, 6.07) is 10.6. The van der Waals surface area contributed by atoms with Crippen molar-refractivity contribution in [3.05, 3.63) is 63.2 Å². The van der Waals surface area contributed by atoms with Crippen molar-refractivity contribution >= 4 is 17.3 Å². The van der Waals surface area contributed by atoms with Gasteiger partial charge in [-0.1, -0.05) is 23.8 Å². The molecule has 0 aliphatic heterocycles. The number of nitro benzene ring substituents is 1. The lowest BCUT2D eigenvalue weighted by molar-refractivity contribution is -0.885. The molecular weight excluding hydrogens is 334 g/mol. The number of quaternary nitrogens is 1. The SMILES string of the molecule is COc1ccc(NC(=O)C[NH+](C)Cc2ccc(C)cc2C)c([N+](=O)[O-])c1. The molecule has 1 amide bonds. The van der Waals surface area contributed by atoms with Crippen molar-refractivity contribution in [2.45, 2.75) is 20.4 Å². The fraction of sp³-hybridized carbons (Fsp3) is 0.316. The Kier molecular flexibility index (Phi) is 6.30. The third-order valence-corrected chi connectivity index (χ3v) is 4.13. The molecular formula is C19H24N3O4+. The van der Waals surface area contributed by atoms with Crippen molar-refractivity contribution in [1.29, 1.82) is 0 Å². The normalized spacial score (nSPS) is 11.7. The van der Waals surface area contributed by atoms with E-state index < -0.39 is 4.92 Å². The first-order valence-corrected chi connectivity index (χ1v) is 8.30. The summed E-state index contributed by atoms with van der Waals surface area (Å²) in [4.78, 5) is 23.9. The van der Waals surface area contributed by atoms with Crippen LogP contribution in [0, 0.1) is 24.0 Å². The summed E-state index contributed by atoms with van der Waals surface area (Å²) in [7, 11) is 3.35. The molecule has 1 unspecified atom stereocenters. The Hall–Kier alpha value is -2.93. The topological polar surface area (TPSA) is 85.9 Å². The Morgan fingerprint density at radius 1 is 1.23 bits per heavy atom. The molecule has 2 rings (SSSR count). The number of anilines is 1. The van der Waals surface area contributed by atoms with E-state index in [0.29, 0.717) is 12.3 Å². The van der Waals surface area contributed by atoms with E-state index in [4.69, 9.17) is 4.74 Å². The number of nitrogens with zero attached hydrogens (tertiary/aromatic N) is 1. The Morgan fingerprint density at radius 2 is 1.96 bits per heavy atom. The number of hydrogen-bond donors (Lipinski definition) is 2. The van der Waals surface area contributed by atoms with E-state index in [-0.39, 0.29) is 23.8 Å². The summed E-state index contributed by atoms with van der Waals surface area (Å²) in [5.41, 5.74) is 3.55. The summed E-state index contributed by atoms with van der Waals surface area (Å²) in [6.45, 7) is 5.00. The number of nitrogens with one attached hydrogen (secondary N) is 2. The van der Waals surface area contributed by atoms with Crippen LogP contribution in [0.1, 0.15) is 16.7 Å². The molecule has 0 aliphatic rings. The Labute approximate surface area is 152 Å². The zero-order valence-electron chi connectivity index (χ0n) is 15.5. The van der Waals surface area contributed by atoms with E-state index in [1.165, 1.54) is 35.9 Å². The molecule has 0 spiro atoms. The summed E-state index contributed by atoms with van der Waals surface area (Å²) in [6.07, 6.45) is 0. The standard InChI is InChI=1S/C19H23N3O4/c1-13-5-6-15(14(2)9-13)11-21(3)12-19(23)20-17-8-7-16(26-4)10-18(17)22(24)25/h5-10H,11-12H2,1-4H3,(H,20,23)/p+1. The maximum atomic E-state index is 12.3. The van der Waals surface area contributed by atoms with Gasteiger partial charge in [-0.25, -0.2) is 0 Å². The molecule has 0 aromatic heterocycles. The molecule has 0 saturated carbocycles. The van der Waals surface area contributed by atoms with Crippen LogP contribution in [0.2, 0.25) is 0 Å². The van der Waals surface area contributed by atoms with Crippen LogP contribution in [0.4, 0.5) is 11.4 Å². The second-order valence-corrected chi connectivity index (χ2v) is 6.43. The second-order valence-electron chi connectivity index (χ2n) is 6.43. The second kappa shape index (κ2) is 8.44. The van der Waals surface area contributed by atoms with Gasteiger partial charge in [0.15, 0.2) is 6.54 Å². The predicted molar refractivity (Wildman–Crippen MR) is 99.7 cm³/mol. The summed E-state index contributed by atoms with van der Waals surface area (Å²) in [5.74, 6) is 0.0906. The van der Waals surface area contributed by atoms with E-state index in [0.717, 1.165) is 4.90 Å². The van der Waals surface area contributed by atoms with Crippen molar-refractivity contribution in [3.8, 4) is 5.75 Å². The van der Waals surface area contributed by atoms with Gasteiger partial charge in [-0.2, -0.15) is 0 Å². The van der Waals surface area contributed by atoms with Crippen molar-refractivity contribution in [2.75, 3.05) is 26.0 Å². The third kappa shape index (κ3) is 5.03. The van der Waals surface area contributed by atoms with Crippen LogP contribution in [0.15, 0.2) is 36.4 Å². The van der Waals surface area contributed by atoms with Crippen LogP contribution in [0.3, 0.4) is 0 Å². The maximum Gasteiger partial charge on any atom is 0.296 e. The van der Waals surface area contributed by atoms with Gasteiger partial charge in [-0.05, 0) is 31.5 Å². The minimum atomic E-state index is -0.537. The number of nitro groups is 1. The number of amides is 1. The van der Waals surface area contributed by atoms with Gasteiger partial charge in [0.25, 0.3) is 11.6 Å². The molecule has 0 radical (unpaired) electrons. The van der Waals surface area contributed by atoms with Gasteiger partial charge in [0.1, 0.15) is 18.0 Å². The molecule has 2 aromatic rings. The highest BCUT2D eigenvalue weighted by Crippen LogP contribution is 2.28. The van der Waals surface area contributed by atoms with Gasteiger partial charge >= 0.3 is 0 Å². The van der Waals surface area contributed by atoms with Crippen LogP contribution in [0.25, 0.3) is 0 Å². The number of likely N-dealkylation sites (N-methyl/N-ethyl adjacent to an activating group) is 1. The molecule has 2 N–H and O–H groups in total. The van der Waals surface area contributed by atoms with Crippen LogP contribution < -0.4 is 15.0 Å². The third-order valence-electron chi connectivity index (χ3n) is 4.13. The van der Waals surface area contributed by atoms with Crippen molar-refractivity contribution < 1.29 is 19.4 Å². The van der Waals surface area contributed by atoms with E-state index in [1.807, 2.05) is 14.0 Å². The molecule has 0 bridgehead atoms. The van der Waals surface area contributed by atoms with Crippen LogP contribution in [-0.2, 0) is 11.3 Å². The van der Waals surface area contributed by atoms with E-state index in [2.05, 4.69) is 30.4 Å². The number of methoxy groups -OCH3 is 1. The monoisotopic (exact) mass is 358 g/mol. The number of benzene rings is 2. The Bertz CT molecular complexity index is 820. The average molecular weight is 358 g/mol. The number of ether oxygens (including phenoxy) is 1. The summed E-state index contributed by atoms with van der Waals surface area (Å²) < 4.78 is 4.99. The lowest BCUT2D eigenvalue weighted by atomic mass is 10.1. The first-order chi connectivity index (χ1) is 12.3. The molecule has 0 fully saturated rings. The lowest BCUT2D eigenvalue weighted by Gasteiger charge is -2.15. The van der Waals surface area contributed by atoms with Crippen LogP contribution in [0.5, 0.6) is 5.75 Å². The van der Waals surface area contributed by atoms with Gasteiger partial charge in [0.2, 0.25) is 0 Å². The maximum absolute atomic E-state index is 12.3. The number of aryl methyl sites for hydroxylation is 2. The molecule has 7 nitrogen and oxygen atoms in total. The fourth-order valence-corrected chi connectivity index (χ4v) is 2.80. The molecule has 26 heavy (non-hydrogen) atoms. The first kappa shape index (κ1) is 19.4. The quantitative estimate of drug-likeness (QED) is 0.584. The van der Waals surface area contributed by atoms with E-state index in [1.54, 1.807) is 6.07 Å². The van der Waals surface area contributed by atoms with Gasteiger partial charge in [0.05, 0.1) is 25.1 Å². The number of carbonyl (C=O) groups is 1. The van der Waals surface area contributed by atoms with Crippen molar-refractivity contribution in [2.24, 2.45) is 0 Å². The zero-order chi connectivity index (χ0) is 19.3. The van der Waals surface area contributed by atoms with Crippen LogP contribution in [-0.4, -0.2) is 31.5 Å². The molecule has 2 aromatic carbocycles. The molecule has 0 saturated heterocycles.